The van der Waals surface area contributed by atoms with Gasteiger partial charge in [-0.2, -0.15) is 0 Å². The molecule has 1 N–H and O–H groups in total. The minimum absolute atomic E-state index is 0.0685. The van der Waals surface area contributed by atoms with Gasteiger partial charge >= 0.3 is 0 Å². The van der Waals surface area contributed by atoms with Gasteiger partial charge in [0.15, 0.2) is 5.82 Å². The number of carbonyl (C=O) groups excluding carboxylic acids is 1. The van der Waals surface area contributed by atoms with Crippen LogP contribution in [-0.4, -0.2) is 51.6 Å². The number of nitrogens with zero attached hydrogens (tertiary/aromatic N) is 4. The summed E-state index contributed by atoms with van der Waals surface area (Å²) in [7, 11) is 0. The molecule has 0 aliphatic carbocycles. The Labute approximate surface area is 160 Å². The highest BCUT2D eigenvalue weighted by Gasteiger charge is 2.24. The van der Waals surface area contributed by atoms with E-state index in [0.717, 1.165) is 42.2 Å². The van der Waals surface area contributed by atoms with Gasteiger partial charge in [-0.3, -0.25) is 9.78 Å². The first-order valence-corrected chi connectivity index (χ1v) is 9.46. The third-order valence-electron chi connectivity index (χ3n) is 4.47. The first-order valence-electron chi connectivity index (χ1n) is 9.46. The lowest BCUT2D eigenvalue weighted by Crippen LogP contribution is -2.35. The lowest BCUT2D eigenvalue weighted by atomic mass is 10.0. The fourth-order valence-corrected chi connectivity index (χ4v) is 3.05. The number of hydrogen-bond acceptors (Lipinski definition) is 6. The van der Waals surface area contributed by atoms with Gasteiger partial charge in [-0.05, 0) is 38.8 Å². The molecule has 0 fully saturated rings. The van der Waals surface area contributed by atoms with E-state index in [9.17, 15) is 4.79 Å². The Morgan fingerprint density at radius 2 is 2.19 bits per heavy atom. The number of fused-ring (bicyclic) bond motifs is 1. The predicted molar refractivity (Wildman–Crippen MR) is 104 cm³/mol. The van der Waals surface area contributed by atoms with Crippen molar-refractivity contribution in [3.63, 3.8) is 0 Å². The van der Waals surface area contributed by atoms with Crippen LogP contribution in [0.5, 0.6) is 0 Å². The Morgan fingerprint density at radius 1 is 1.33 bits per heavy atom. The Bertz CT molecular complexity index is 779. The molecule has 0 atom stereocenters. The van der Waals surface area contributed by atoms with E-state index >= 15 is 0 Å². The normalized spacial score (nSPS) is 13.6. The van der Waals surface area contributed by atoms with E-state index in [4.69, 9.17) is 14.7 Å². The summed E-state index contributed by atoms with van der Waals surface area (Å²) in [6.45, 7) is 8.36. The van der Waals surface area contributed by atoms with Crippen LogP contribution < -0.4 is 5.32 Å². The van der Waals surface area contributed by atoms with Gasteiger partial charge in [0.1, 0.15) is 11.5 Å². The molecule has 3 rings (SSSR count). The zero-order valence-electron chi connectivity index (χ0n) is 16.2. The molecule has 144 valence electrons. The SMILES string of the molecule is CC(=O)N1CCc2c(nc(-c3ccccn3)nc2NCCCOC(C)C)C1. The number of pyridine rings is 1. The van der Waals surface area contributed by atoms with Gasteiger partial charge in [0, 0.05) is 38.4 Å². The van der Waals surface area contributed by atoms with E-state index < -0.39 is 0 Å². The summed E-state index contributed by atoms with van der Waals surface area (Å²) in [4.78, 5) is 27.4. The van der Waals surface area contributed by atoms with E-state index in [1.165, 1.54) is 0 Å². The summed E-state index contributed by atoms with van der Waals surface area (Å²) in [5, 5.41) is 3.44. The highest BCUT2D eigenvalue weighted by atomic mass is 16.5. The molecule has 7 nitrogen and oxygen atoms in total. The van der Waals surface area contributed by atoms with Gasteiger partial charge in [-0.15, -0.1) is 0 Å². The molecular weight excluding hydrogens is 342 g/mol. The number of anilines is 1. The van der Waals surface area contributed by atoms with Crippen LogP contribution in [0.15, 0.2) is 24.4 Å². The summed E-state index contributed by atoms with van der Waals surface area (Å²) < 4.78 is 5.60. The van der Waals surface area contributed by atoms with Crippen LogP contribution in [0.3, 0.4) is 0 Å². The quantitative estimate of drug-likeness (QED) is 0.756. The Kier molecular flexibility index (Phi) is 6.34. The Morgan fingerprint density at radius 3 is 2.89 bits per heavy atom. The number of carbonyl (C=O) groups is 1. The van der Waals surface area contributed by atoms with E-state index in [0.29, 0.717) is 25.5 Å². The fraction of sp³-hybridized carbons (Fsp3) is 0.500. The molecule has 0 saturated carbocycles. The molecule has 27 heavy (non-hydrogen) atoms. The van der Waals surface area contributed by atoms with Crippen molar-refractivity contribution in [1.82, 2.24) is 19.9 Å². The molecular formula is C20H27N5O2. The fourth-order valence-electron chi connectivity index (χ4n) is 3.05. The van der Waals surface area contributed by atoms with Crippen molar-refractivity contribution < 1.29 is 9.53 Å². The maximum absolute atomic E-state index is 11.8. The smallest absolute Gasteiger partial charge is 0.219 e. The first-order chi connectivity index (χ1) is 13.0. The van der Waals surface area contributed by atoms with Crippen LogP contribution in [0.4, 0.5) is 5.82 Å². The lowest BCUT2D eigenvalue weighted by molar-refractivity contribution is -0.129. The van der Waals surface area contributed by atoms with E-state index in [1.807, 2.05) is 36.9 Å². The molecule has 0 radical (unpaired) electrons. The molecule has 0 unspecified atom stereocenters. The number of amides is 1. The van der Waals surface area contributed by atoms with Crippen molar-refractivity contribution in [2.45, 2.75) is 46.3 Å². The third-order valence-corrected chi connectivity index (χ3v) is 4.47. The van der Waals surface area contributed by atoms with E-state index in [2.05, 4.69) is 10.3 Å². The van der Waals surface area contributed by atoms with Gasteiger partial charge in [-0.1, -0.05) is 6.07 Å². The zero-order chi connectivity index (χ0) is 19.2. The second-order valence-corrected chi connectivity index (χ2v) is 6.93. The zero-order valence-corrected chi connectivity index (χ0v) is 16.2. The van der Waals surface area contributed by atoms with Crippen LogP contribution in [0.1, 0.15) is 38.4 Å². The Balaban J connectivity index is 1.82. The Hall–Kier alpha value is -2.54. The van der Waals surface area contributed by atoms with Crippen LogP contribution >= 0.6 is 0 Å². The first kappa shape index (κ1) is 19.2. The summed E-state index contributed by atoms with van der Waals surface area (Å²) >= 11 is 0. The topological polar surface area (TPSA) is 80.2 Å². The van der Waals surface area contributed by atoms with Gasteiger partial charge in [0.25, 0.3) is 0 Å². The standard InChI is InChI=1S/C20H27N5O2/c1-14(2)27-12-6-10-22-19-16-8-11-25(15(3)26)13-18(16)23-20(24-19)17-7-4-5-9-21-17/h4-5,7,9,14H,6,8,10-13H2,1-3H3,(H,22,23,24). The summed E-state index contributed by atoms with van der Waals surface area (Å²) in [5.41, 5.74) is 2.72. The molecule has 0 bridgehead atoms. The van der Waals surface area contributed by atoms with E-state index in [1.54, 1.807) is 13.1 Å². The number of hydrogen-bond donors (Lipinski definition) is 1. The highest BCUT2D eigenvalue weighted by molar-refractivity contribution is 5.74. The minimum Gasteiger partial charge on any atom is -0.379 e. The number of ether oxygens (including phenoxy) is 1. The van der Waals surface area contributed by atoms with Gasteiger partial charge in [0.2, 0.25) is 5.91 Å². The monoisotopic (exact) mass is 369 g/mol. The van der Waals surface area contributed by atoms with Crippen LogP contribution in [0, 0.1) is 0 Å². The highest BCUT2D eigenvalue weighted by Crippen LogP contribution is 2.26. The van der Waals surface area contributed by atoms with Crippen molar-refractivity contribution in [1.29, 1.82) is 0 Å². The molecule has 2 aromatic rings. The summed E-state index contributed by atoms with van der Waals surface area (Å²) in [5.74, 6) is 1.49. The van der Waals surface area contributed by atoms with Crippen molar-refractivity contribution in [3.05, 3.63) is 35.7 Å². The minimum atomic E-state index is 0.0685. The molecule has 0 aromatic carbocycles. The van der Waals surface area contributed by atoms with E-state index in [-0.39, 0.29) is 12.0 Å². The van der Waals surface area contributed by atoms with Gasteiger partial charge < -0.3 is 15.0 Å². The van der Waals surface area contributed by atoms with Crippen LogP contribution in [-0.2, 0) is 22.5 Å². The second-order valence-electron chi connectivity index (χ2n) is 6.93. The lowest BCUT2D eigenvalue weighted by Gasteiger charge is -2.28. The molecule has 0 saturated heterocycles. The van der Waals surface area contributed by atoms with Crippen molar-refractivity contribution in [2.24, 2.45) is 0 Å². The van der Waals surface area contributed by atoms with Crippen molar-refractivity contribution in [2.75, 3.05) is 25.0 Å². The molecule has 7 heteroatoms. The van der Waals surface area contributed by atoms with Crippen molar-refractivity contribution in [3.8, 4) is 11.5 Å². The third kappa shape index (κ3) is 5.01. The number of aromatic nitrogens is 3. The summed E-state index contributed by atoms with van der Waals surface area (Å²) in [6, 6.07) is 5.68. The molecule has 0 spiro atoms. The molecule has 1 aliphatic heterocycles. The maximum atomic E-state index is 11.8. The average Bonchev–Trinajstić information content (AvgIpc) is 2.67. The summed E-state index contributed by atoms with van der Waals surface area (Å²) in [6.07, 6.45) is 3.62. The van der Waals surface area contributed by atoms with Gasteiger partial charge in [0.05, 0.1) is 18.3 Å². The van der Waals surface area contributed by atoms with Gasteiger partial charge in [-0.25, -0.2) is 9.97 Å². The van der Waals surface area contributed by atoms with Crippen molar-refractivity contribution >= 4 is 11.7 Å². The van der Waals surface area contributed by atoms with Crippen LogP contribution in [0.2, 0.25) is 0 Å². The van der Waals surface area contributed by atoms with Crippen LogP contribution in [0.25, 0.3) is 11.5 Å². The molecule has 3 heterocycles. The molecule has 1 aliphatic rings. The number of rotatable bonds is 7. The largest absolute Gasteiger partial charge is 0.379 e. The maximum Gasteiger partial charge on any atom is 0.219 e. The average molecular weight is 369 g/mol. The number of nitrogens with one attached hydrogen (secondary N) is 1. The predicted octanol–water partition coefficient (Wildman–Crippen LogP) is 2.67. The molecule has 2 aromatic heterocycles. The second kappa shape index (κ2) is 8.90. The molecule has 1 amide bonds.